The number of unbranched alkanes of at least 4 members (excludes halogenated alkanes) is 1. The summed E-state index contributed by atoms with van der Waals surface area (Å²) in [5.41, 5.74) is 3.74. The smallest absolute Gasteiger partial charge is 0.0722 e. The van der Waals surface area contributed by atoms with Gasteiger partial charge >= 0.3 is 0 Å². The minimum absolute atomic E-state index is 0.669. The zero-order valence-corrected chi connectivity index (χ0v) is 11.2. The van der Waals surface area contributed by atoms with Crippen molar-refractivity contribution < 1.29 is 4.74 Å². The molecule has 2 aromatic carbocycles. The van der Waals surface area contributed by atoms with Crippen LogP contribution in [0.3, 0.4) is 0 Å². The molecule has 0 saturated carbocycles. The summed E-state index contributed by atoms with van der Waals surface area (Å²) in [4.78, 5) is 0. The molecule has 0 aromatic heterocycles. The molecule has 0 atom stereocenters. The summed E-state index contributed by atoms with van der Waals surface area (Å²) in [6.45, 7) is 5.17. The van der Waals surface area contributed by atoms with E-state index >= 15 is 0 Å². The molecular formula is C18H20O. The third kappa shape index (κ3) is 4.08. The van der Waals surface area contributed by atoms with Crippen LogP contribution in [-0.2, 0) is 11.3 Å². The molecule has 2 rings (SSSR count). The lowest BCUT2D eigenvalue weighted by atomic mass is 10.0. The van der Waals surface area contributed by atoms with Crippen molar-refractivity contribution >= 4 is 0 Å². The fourth-order valence-electron chi connectivity index (χ4n) is 2.06. The van der Waals surface area contributed by atoms with Crippen LogP contribution in [0.4, 0.5) is 0 Å². The van der Waals surface area contributed by atoms with Crippen molar-refractivity contribution in [2.24, 2.45) is 0 Å². The van der Waals surface area contributed by atoms with Crippen LogP contribution < -0.4 is 0 Å². The second-order valence-corrected chi connectivity index (χ2v) is 4.51. The van der Waals surface area contributed by atoms with E-state index in [4.69, 9.17) is 4.74 Å². The Hall–Kier alpha value is -1.86. The van der Waals surface area contributed by atoms with Crippen molar-refractivity contribution in [2.75, 3.05) is 6.61 Å². The highest BCUT2D eigenvalue weighted by Crippen LogP contribution is 2.23. The highest BCUT2D eigenvalue weighted by atomic mass is 16.5. The fourth-order valence-corrected chi connectivity index (χ4v) is 2.06. The molecule has 1 nitrogen and oxygen atoms in total. The van der Waals surface area contributed by atoms with Crippen LogP contribution in [0.2, 0.25) is 0 Å². The number of hydrogen-bond donors (Lipinski definition) is 0. The van der Waals surface area contributed by atoms with Gasteiger partial charge in [0.1, 0.15) is 0 Å². The van der Waals surface area contributed by atoms with Crippen LogP contribution in [0.5, 0.6) is 0 Å². The van der Waals surface area contributed by atoms with Gasteiger partial charge < -0.3 is 4.74 Å². The SMILES string of the molecule is C=CCCCOCc1ccccc1-c1ccccc1. The van der Waals surface area contributed by atoms with Gasteiger partial charge in [0.05, 0.1) is 6.61 Å². The first-order valence-electron chi connectivity index (χ1n) is 6.74. The quantitative estimate of drug-likeness (QED) is 0.506. The van der Waals surface area contributed by atoms with Gasteiger partial charge in [-0.1, -0.05) is 60.7 Å². The van der Waals surface area contributed by atoms with Gasteiger partial charge in [-0.25, -0.2) is 0 Å². The van der Waals surface area contributed by atoms with Crippen molar-refractivity contribution in [3.05, 3.63) is 72.8 Å². The Morgan fingerprint density at radius 3 is 2.47 bits per heavy atom. The van der Waals surface area contributed by atoms with Crippen LogP contribution in [0, 0.1) is 0 Å². The third-order valence-corrected chi connectivity index (χ3v) is 3.06. The Kier molecular flexibility index (Phi) is 5.39. The maximum absolute atomic E-state index is 5.74. The number of hydrogen-bond acceptors (Lipinski definition) is 1. The maximum Gasteiger partial charge on any atom is 0.0722 e. The molecule has 0 spiro atoms. The van der Waals surface area contributed by atoms with Gasteiger partial charge in [-0.2, -0.15) is 0 Å². The largest absolute Gasteiger partial charge is 0.377 e. The number of benzene rings is 2. The van der Waals surface area contributed by atoms with Crippen LogP contribution in [-0.4, -0.2) is 6.61 Å². The van der Waals surface area contributed by atoms with E-state index in [0.717, 1.165) is 19.4 Å². The summed E-state index contributed by atoms with van der Waals surface area (Å²) in [6, 6.07) is 18.9. The Morgan fingerprint density at radius 2 is 1.68 bits per heavy atom. The highest BCUT2D eigenvalue weighted by Gasteiger charge is 2.03. The summed E-state index contributed by atoms with van der Waals surface area (Å²) in [5, 5.41) is 0. The maximum atomic E-state index is 5.74. The van der Waals surface area contributed by atoms with Gasteiger partial charge in [0.25, 0.3) is 0 Å². The summed E-state index contributed by atoms with van der Waals surface area (Å²) in [5.74, 6) is 0. The lowest BCUT2D eigenvalue weighted by Gasteiger charge is -2.10. The van der Waals surface area contributed by atoms with E-state index in [-0.39, 0.29) is 0 Å². The molecule has 0 amide bonds. The second-order valence-electron chi connectivity index (χ2n) is 4.51. The van der Waals surface area contributed by atoms with Crippen LogP contribution in [0.25, 0.3) is 11.1 Å². The Bertz CT molecular complexity index is 502. The first-order valence-corrected chi connectivity index (χ1v) is 6.74. The predicted molar refractivity (Wildman–Crippen MR) is 81.0 cm³/mol. The van der Waals surface area contributed by atoms with Gasteiger partial charge in [-0.15, -0.1) is 6.58 Å². The van der Waals surface area contributed by atoms with Crippen LogP contribution in [0.1, 0.15) is 18.4 Å². The molecule has 0 N–H and O–H groups in total. The van der Waals surface area contributed by atoms with Gasteiger partial charge in [0, 0.05) is 6.61 Å². The molecule has 0 unspecified atom stereocenters. The van der Waals surface area contributed by atoms with Crippen molar-refractivity contribution in [3.8, 4) is 11.1 Å². The monoisotopic (exact) mass is 252 g/mol. The molecule has 0 radical (unpaired) electrons. The lowest BCUT2D eigenvalue weighted by molar-refractivity contribution is 0.119. The molecule has 0 saturated heterocycles. The summed E-state index contributed by atoms with van der Waals surface area (Å²) >= 11 is 0. The second kappa shape index (κ2) is 7.55. The molecule has 19 heavy (non-hydrogen) atoms. The number of allylic oxidation sites excluding steroid dienone is 1. The normalized spacial score (nSPS) is 10.3. The van der Waals surface area contributed by atoms with Crippen molar-refractivity contribution in [1.29, 1.82) is 0 Å². The van der Waals surface area contributed by atoms with Crippen LogP contribution >= 0.6 is 0 Å². The Balaban J connectivity index is 2.03. The van der Waals surface area contributed by atoms with E-state index in [1.165, 1.54) is 16.7 Å². The fraction of sp³-hybridized carbons (Fsp3) is 0.222. The molecule has 0 heterocycles. The van der Waals surface area contributed by atoms with E-state index < -0.39 is 0 Å². The van der Waals surface area contributed by atoms with Crippen molar-refractivity contribution in [1.82, 2.24) is 0 Å². The zero-order valence-electron chi connectivity index (χ0n) is 11.2. The Morgan fingerprint density at radius 1 is 0.947 bits per heavy atom. The average Bonchev–Trinajstić information content (AvgIpc) is 2.48. The van der Waals surface area contributed by atoms with Gasteiger partial charge in [-0.05, 0) is 29.5 Å². The first kappa shape index (κ1) is 13.6. The third-order valence-electron chi connectivity index (χ3n) is 3.06. The molecule has 0 aliphatic carbocycles. The summed E-state index contributed by atoms with van der Waals surface area (Å²) < 4.78 is 5.74. The molecule has 98 valence electrons. The molecule has 0 aliphatic heterocycles. The van der Waals surface area contributed by atoms with Gasteiger partial charge in [0.15, 0.2) is 0 Å². The highest BCUT2D eigenvalue weighted by molar-refractivity contribution is 5.66. The van der Waals surface area contributed by atoms with E-state index in [0.29, 0.717) is 6.61 Å². The molecule has 0 fully saturated rings. The zero-order chi connectivity index (χ0) is 13.3. The predicted octanol–water partition coefficient (Wildman–Crippen LogP) is 4.84. The van der Waals surface area contributed by atoms with Crippen molar-refractivity contribution in [2.45, 2.75) is 19.4 Å². The van der Waals surface area contributed by atoms with Crippen LogP contribution in [0.15, 0.2) is 67.3 Å². The minimum Gasteiger partial charge on any atom is -0.377 e. The van der Waals surface area contributed by atoms with E-state index in [1.54, 1.807) is 0 Å². The topological polar surface area (TPSA) is 9.23 Å². The van der Waals surface area contributed by atoms with E-state index in [2.05, 4.69) is 55.1 Å². The average molecular weight is 252 g/mol. The molecule has 0 bridgehead atoms. The number of ether oxygens (including phenoxy) is 1. The van der Waals surface area contributed by atoms with Crippen molar-refractivity contribution in [3.63, 3.8) is 0 Å². The summed E-state index contributed by atoms with van der Waals surface area (Å²) in [6.07, 6.45) is 3.98. The standard InChI is InChI=1S/C18H20O/c1-2-3-9-14-19-15-17-12-7-8-13-18(17)16-10-5-4-6-11-16/h2,4-8,10-13H,1,3,9,14-15H2. The molecular weight excluding hydrogens is 232 g/mol. The molecule has 2 aromatic rings. The lowest BCUT2D eigenvalue weighted by Crippen LogP contribution is -1.97. The summed E-state index contributed by atoms with van der Waals surface area (Å²) in [7, 11) is 0. The van der Waals surface area contributed by atoms with E-state index in [1.807, 2.05) is 12.1 Å². The molecule has 1 heteroatoms. The van der Waals surface area contributed by atoms with Gasteiger partial charge in [0.2, 0.25) is 0 Å². The molecule has 0 aliphatic rings. The van der Waals surface area contributed by atoms with Gasteiger partial charge in [-0.3, -0.25) is 0 Å². The Labute approximate surface area is 115 Å². The van der Waals surface area contributed by atoms with E-state index in [9.17, 15) is 0 Å². The minimum atomic E-state index is 0.669. The first-order chi connectivity index (χ1) is 9.42. The number of rotatable bonds is 7.